The highest BCUT2D eigenvalue weighted by atomic mass is 16.5. The van der Waals surface area contributed by atoms with Crippen LogP contribution in [-0.2, 0) is 14.3 Å². The molecule has 0 heterocycles. The largest absolute Gasteiger partial charge is 0.383 e. The molecule has 0 unspecified atom stereocenters. The molecule has 2 rings (SSSR count). The number of ether oxygens (including phenoxy) is 1. The molecule has 0 spiro atoms. The highest BCUT2D eigenvalue weighted by molar-refractivity contribution is 6.13. The lowest BCUT2D eigenvalue weighted by Gasteiger charge is -2.23. The first-order chi connectivity index (χ1) is 9.62. The highest BCUT2D eigenvalue weighted by Gasteiger charge is 2.57. The van der Waals surface area contributed by atoms with Crippen LogP contribution in [0.25, 0.3) is 0 Å². The number of nitrogens with zero attached hydrogens (tertiary/aromatic N) is 1. The average Bonchev–Trinajstić information content (AvgIpc) is 3.28. The summed E-state index contributed by atoms with van der Waals surface area (Å²) in [6.07, 6.45) is 1.23. The number of anilines is 1. The molecule has 1 saturated carbocycles. The van der Waals surface area contributed by atoms with Gasteiger partial charge in [0, 0.05) is 26.4 Å². The zero-order valence-electron chi connectivity index (χ0n) is 11.9. The Morgan fingerprint density at radius 2 is 1.95 bits per heavy atom. The number of para-hydroxylation sites is 1. The van der Waals surface area contributed by atoms with Crippen LogP contribution in [0.3, 0.4) is 0 Å². The van der Waals surface area contributed by atoms with Crippen molar-refractivity contribution in [2.75, 3.05) is 32.2 Å². The number of carbonyl (C=O) groups is 2. The summed E-state index contributed by atoms with van der Waals surface area (Å²) in [7, 11) is 3.29. The second kappa shape index (κ2) is 6.05. The zero-order valence-corrected chi connectivity index (χ0v) is 11.9. The number of amides is 2. The van der Waals surface area contributed by atoms with E-state index in [1.165, 1.54) is 0 Å². The molecule has 1 N–H and O–H groups in total. The molecule has 20 heavy (non-hydrogen) atoms. The third-order valence-electron chi connectivity index (χ3n) is 3.63. The summed E-state index contributed by atoms with van der Waals surface area (Å²) in [6, 6.07) is 9.36. The number of hydrogen-bond donors (Lipinski definition) is 1. The fourth-order valence-electron chi connectivity index (χ4n) is 2.19. The zero-order chi connectivity index (χ0) is 14.6. The van der Waals surface area contributed by atoms with Crippen LogP contribution in [-0.4, -0.2) is 39.1 Å². The molecule has 0 bridgehead atoms. The van der Waals surface area contributed by atoms with Gasteiger partial charge in [-0.1, -0.05) is 18.2 Å². The topological polar surface area (TPSA) is 58.6 Å². The van der Waals surface area contributed by atoms with Gasteiger partial charge < -0.3 is 15.0 Å². The molecule has 1 aromatic carbocycles. The van der Waals surface area contributed by atoms with E-state index < -0.39 is 5.41 Å². The minimum atomic E-state index is -0.877. The molecule has 0 atom stereocenters. The van der Waals surface area contributed by atoms with Crippen LogP contribution in [0, 0.1) is 5.41 Å². The predicted octanol–water partition coefficient (Wildman–Crippen LogP) is 1.19. The van der Waals surface area contributed by atoms with Gasteiger partial charge in [0.25, 0.3) is 0 Å². The summed E-state index contributed by atoms with van der Waals surface area (Å²) >= 11 is 0. The van der Waals surface area contributed by atoms with Gasteiger partial charge in [0.1, 0.15) is 5.41 Å². The third kappa shape index (κ3) is 2.82. The van der Waals surface area contributed by atoms with Gasteiger partial charge >= 0.3 is 0 Å². The van der Waals surface area contributed by atoms with Crippen molar-refractivity contribution in [3.63, 3.8) is 0 Å². The molecule has 5 nitrogen and oxygen atoms in total. The number of benzene rings is 1. The first kappa shape index (κ1) is 14.5. The van der Waals surface area contributed by atoms with Crippen molar-refractivity contribution in [1.82, 2.24) is 5.32 Å². The minimum absolute atomic E-state index is 0.140. The van der Waals surface area contributed by atoms with Crippen molar-refractivity contribution in [3.05, 3.63) is 30.3 Å². The van der Waals surface area contributed by atoms with Crippen LogP contribution in [0.4, 0.5) is 5.69 Å². The van der Waals surface area contributed by atoms with Gasteiger partial charge in [-0.3, -0.25) is 9.59 Å². The van der Waals surface area contributed by atoms with Crippen molar-refractivity contribution < 1.29 is 14.3 Å². The molecule has 0 saturated heterocycles. The summed E-state index contributed by atoms with van der Waals surface area (Å²) in [5.74, 6) is -0.332. The van der Waals surface area contributed by atoms with E-state index in [9.17, 15) is 9.59 Å². The summed E-state index contributed by atoms with van der Waals surface area (Å²) in [5, 5.41) is 2.76. The van der Waals surface area contributed by atoms with Gasteiger partial charge in [-0.2, -0.15) is 0 Å². The van der Waals surface area contributed by atoms with Crippen molar-refractivity contribution in [2.24, 2.45) is 5.41 Å². The lowest BCUT2D eigenvalue weighted by Crippen LogP contribution is -2.44. The quantitative estimate of drug-likeness (QED) is 0.627. The second-order valence-corrected chi connectivity index (χ2v) is 5.03. The van der Waals surface area contributed by atoms with Crippen LogP contribution in [0.2, 0.25) is 0 Å². The van der Waals surface area contributed by atoms with Gasteiger partial charge in [-0.25, -0.2) is 0 Å². The maximum absolute atomic E-state index is 12.5. The smallest absolute Gasteiger partial charge is 0.242 e. The Bertz CT molecular complexity index is 483. The van der Waals surface area contributed by atoms with Crippen molar-refractivity contribution in [2.45, 2.75) is 12.8 Å². The molecule has 108 valence electrons. The molecule has 0 radical (unpaired) electrons. The van der Waals surface area contributed by atoms with Crippen LogP contribution >= 0.6 is 0 Å². The number of carbonyl (C=O) groups excluding carboxylic acids is 2. The van der Waals surface area contributed by atoms with Gasteiger partial charge in [0.05, 0.1) is 6.61 Å². The Hall–Kier alpha value is -1.88. The first-order valence-electron chi connectivity index (χ1n) is 6.72. The van der Waals surface area contributed by atoms with Gasteiger partial charge in [-0.15, -0.1) is 0 Å². The maximum Gasteiger partial charge on any atom is 0.242 e. The fraction of sp³-hybridized carbons (Fsp3) is 0.467. The van der Waals surface area contributed by atoms with Crippen LogP contribution in [0.5, 0.6) is 0 Å². The molecular weight excluding hydrogens is 256 g/mol. The Morgan fingerprint density at radius 1 is 1.30 bits per heavy atom. The molecular formula is C15H20N2O3. The van der Waals surface area contributed by atoms with Crippen LogP contribution in [0.15, 0.2) is 30.3 Å². The van der Waals surface area contributed by atoms with E-state index in [2.05, 4.69) is 5.32 Å². The van der Waals surface area contributed by atoms with E-state index in [0.717, 1.165) is 5.69 Å². The van der Waals surface area contributed by atoms with E-state index in [1.54, 1.807) is 19.1 Å². The van der Waals surface area contributed by atoms with E-state index in [1.807, 2.05) is 30.3 Å². The summed E-state index contributed by atoms with van der Waals surface area (Å²) < 4.78 is 4.89. The lowest BCUT2D eigenvalue weighted by atomic mass is 10.0. The third-order valence-corrected chi connectivity index (χ3v) is 3.63. The normalized spacial score (nSPS) is 15.5. The summed E-state index contributed by atoms with van der Waals surface area (Å²) in [4.78, 5) is 26.3. The molecule has 2 amide bonds. The molecule has 5 heteroatoms. The van der Waals surface area contributed by atoms with E-state index in [4.69, 9.17) is 4.74 Å². The Balaban J connectivity index is 2.03. The standard InChI is InChI=1S/C15H20N2O3/c1-17(12-6-4-3-5-7-12)14(19)15(8-9-15)13(18)16-10-11-20-2/h3-7H,8-11H2,1-2H3,(H,16,18). The Labute approximate surface area is 118 Å². The average molecular weight is 276 g/mol. The maximum atomic E-state index is 12.5. The fourth-order valence-corrected chi connectivity index (χ4v) is 2.19. The van der Waals surface area contributed by atoms with Gasteiger partial charge in [-0.05, 0) is 25.0 Å². The van der Waals surface area contributed by atoms with Gasteiger partial charge in [0.2, 0.25) is 11.8 Å². The SMILES string of the molecule is COCCNC(=O)C1(C(=O)N(C)c2ccccc2)CC1. The van der Waals surface area contributed by atoms with Crippen molar-refractivity contribution >= 4 is 17.5 Å². The van der Waals surface area contributed by atoms with Crippen molar-refractivity contribution in [3.8, 4) is 0 Å². The molecule has 1 aromatic rings. The molecule has 0 aliphatic heterocycles. The molecule has 0 aromatic heterocycles. The Morgan fingerprint density at radius 3 is 2.50 bits per heavy atom. The summed E-state index contributed by atoms with van der Waals surface area (Å²) in [5.41, 5.74) is -0.0771. The summed E-state index contributed by atoms with van der Waals surface area (Å²) in [6.45, 7) is 0.879. The van der Waals surface area contributed by atoms with E-state index in [-0.39, 0.29) is 11.8 Å². The first-order valence-corrected chi connectivity index (χ1v) is 6.72. The molecule has 1 fully saturated rings. The van der Waals surface area contributed by atoms with Crippen LogP contribution in [0.1, 0.15) is 12.8 Å². The number of methoxy groups -OCH3 is 1. The molecule has 1 aliphatic carbocycles. The number of rotatable bonds is 6. The second-order valence-electron chi connectivity index (χ2n) is 5.03. The Kier molecular flexibility index (Phi) is 4.39. The van der Waals surface area contributed by atoms with E-state index in [0.29, 0.717) is 26.0 Å². The van der Waals surface area contributed by atoms with Gasteiger partial charge in [0.15, 0.2) is 0 Å². The van der Waals surface area contributed by atoms with Crippen LogP contribution < -0.4 is 10.2 Å². The monoisotopic (exact) mass is 276 g/mol. The number of hydrogen-bond acceptors (Lipinski definition) is 3. The van der Waals surface area contributed by atoms with Crippen molar-refractivity contribution in [1.29, 1.82) is 0 Å². The highest BCUT2D eigenvalue weighted by Crippen LogP contribution is 2.47. The predicted molar refractivity (Wildman–Crippen MR) is 76.4 cm³/mol. The lowest BCUT2D eigenvalue weighted by molar-refractivity contribution is -0.135. The number of nitrogens with one attached hydrogen (secondary N) is 1. The van der Waals surface area contributed by atoms with E-state index >= 15 is 0 Å². The minimum Gasteiger partial charge on any atom is -0.383 e. The molecule has 1 aliphatic rings.